The van der Waals surface area contributed by atoms with E-state index in [0.29, 0.717) is 48.8 Å². The van der Waals surface area contributed by atoms with E-state index in [4.69, 9.17) is 9.72 Å². The maximum absolute atomic E-state index is 13.2. The SMILES string of the molecule is CCC(c1nc2ccccc2c(=O)n1CCOC)N(CCC(C)C)C(=O)C1CC1. The van der Waals surface area contributed by atoms with Crippen molar-refractivity contribution in [2.45, 2.75) is 59.0 Å². The molecule has 1 fully saturated rings. The Morgan fingerprint density at radius 2 is 2.03 bits per heavy atom. The summed E-state index contributed by atoms with van der Waals surface area (Å²) in [6.45, 7) is 7.95. The van der Waals surface area contributed by atoms with E-state index in [0.717, 1.165) is 19.3 Å². The van der Waals surface area contributed by atoms with E-state index >= 15 is 0 Å². The molecule has 1 unspecified atom stereocenters. The van der Waals surface area contributed by atoms with Gasteiger partial charge in [-0.15, -0.1) is 0 Å². The number of benzene rings is 1. The van der Waals surface area contributed by atoms with E-state index < -0.39 is 0 Å². The number of amides is 1. The normalized spacial score (nSPS) is 15.1. The molecule has 158 valence electrons. The van der Waals surface area contributed by atoms with Crippen molar-refractivity contribution in [1.29, 1.82) is 0 Å². The highest BCUT2D eigenvalue weighted by Gasteiger charge is 2.37. The molecule has 0 aliphatic heterocycles. The van der Waals surface area contributed by atoms with Crippen LogP contribution in [0.3, 0.4) is 0 Å². The summed E-state index contributed by atoms with van der Waals surface area (Å²) in [5, 5.41) is 0.601. The van der Waals surface area contributed by atoms with Gasteiger partial charge in [0.05, 0.1) is 30.1 Å². The third-order valence-corrected chi connectivity index (χ3v) is 5.63. The first-order valence-electron chi connectivity index (χ1n) is 10.8. The maximum Gasteiger partial charge on any atom is 0.261 e. The Hall–Kier alpha value is -2.21. The average molecular weight is 400 g/mol. The molecule has 1 saturated carbocycles. The Morgan fingerprint density at radius 1 is 1.31 bits per heavy atom. The highest BCUT2D eigenvalue weighted by atomic mass is 16.5. The van der Waals surface area contributed by atoms with Gasteiger partial charge in [-0.05, 0) is 43.7 Å². The Balaban J connectivity index is 2.09. The number of hydrogen-bond donors (Lipinski definition) is 0. The van der Waals surface area contributed by atoms with E-state index in [9.17, 15) is 9.59 Å². The zero-order valence-electron chi connectivity index (χ0n) is 18.1. The molecular weight excluding hydrogens is 366 g/mol. The maximum atomic E-state index is 13.2. The molecule has 0 bridgehead atoms. The number of rotatable bonds is 10. The molecule has 0 radical (unpaired) electrons. The smallest absolute Gasteiger partial charge is 0.261 e. The predicted molar refractivity (Wildman–Crippen MR) is 115 cm³/mol. The molecular formula is C23H33N3O3. The van der Waals surface area contributed by atoms with Crippen molar-refractivity contribution in [2.75, 3.05) is 20.3 Å². The van der Waals surface area contributed by atoms with Crippen molar-refractivity contribution < 1.29 is 9.53 Å². The van der Waals surface area contributed by atoms with Crippen LogP contribution in [-0.2, 0) is 16.1 Å². The van der Waals surface area contributed by atoms with Crippen LogP contribution in [-0.4, -0.2) is 40.6 Å². The molecule has 1 aliphatic carbocycles. The summed E-state index contributed by atoms with van der Waals surface area (Å²) >= 11 is 0. The fraction of sp³-hybridized carbons (Fsp3) is 0.609. The summed E-state index contributed by atoms with van der Waals surface area (Å²) in [5.41, 5.74) is 0.617. The summed E-state index contributed by atoms with van der Waals surface area (Å²) in [6, 6.07) is 7.22. The van der Waals surface area contributed by atoms with Crippen molar-refractivity contribution in [3.8, 4) is 0 Å². The van der Waals surface area contributed by atoms with Crippen molar-refractivity contribution >= 4 is 16.8 Å². The second-order valence-corrected chi connectivity index (χ2v) is 8.35. The quantitative estimate of drug-likeness (QED) is 0.610. The van der Waals surface area contributed by atoms with Crippen LogP contribution in [0.2, 0.25) is 0 Å². The first-order chi connectivity index (χ1) is 14.0. The van der Waals surface area contributed by atoms with Crippen LogP contribution in [0.25, 0.3) is 10.9 Å². The van der Waals surface area contributed by atoms with Crippen molar-refractivity contribution in [1.82, 2.24) is 14.5 Å². The number of fused-ring (bicyclic) bond motifs is 1. The van der Waals surface area contributed by atoms with Gasteiger partial charge in [0.25, 0.3) is 5.56 Å². The standard InChI is InChI=1S/C23H33N3O3/c1-5-20(25(13-12-16(2)3)22(27)17-10-11-17)21-24-19-9-7-6-8-18(19)23(28)26(21)14-15-29-4/h6-9,16-17,20H,5,10-15H2,1-4H3. The minimum Gasteiger partial charge on any atom is -0.383 e. The number of hydrogen-bond acceptors (Lipinski definition) is 4. The van der Waals surface area contributed by atoms with E-state index in [-0.39, 0.29) is 23.4 Å². The number of para-hydroxylation sites is 1. The Morgan fingerprint density at radius 3 is 2.66 bits per heavy atom. The zero-order chi connectivity index (χ0) is 21.0. The largest absolute Gasteiger partial charge is 0.383 e. The highest BCUT2D eigenvalue weighted by molar-refractivity contribution is 5.81. The lowest BCUT2D eigenvalue weighted by Gasteiger charge is -2.33. The van der Waals surface area contributed by atoms with Crippen molar-refractivity contribution in [3.05, 3.63) is 40.4 Å². The lowest BCUT2D eigenvalue weighted by atomic mass is 10.1. The van der Waals surface area contributed by atoms with Gasteiger partial charge in [0.2, 0.25) is 5.91 Å². The molecule has 1 atom stereocenters. The minimum absolute atomic E-state index is 0.0659. The van der Waals surface area contributed by atoms with Gasteiger partial charge in [-0.25, -0.2) is 4.98 Å². The number of methoxy groups -OCH3 is 1. The van der Waals surface area contributed by atoms with Crippen LogP contribution in [0.15, 0.2) is 29.1 Å². The predicted octanol–water partition coefficient (Wildman–Crippen LogP) is 3.78. The first-order valence-corrected chi connectivity index (χ1v) is 10.8. The molecule has 2 aromatic rings. The van der Waals surface area contributed by atoms with Gasteiger partial charge in [-0.3, -0.25) is 14.2 Å². The second kappa shape index (κ2) is 9.53. The van der Waals surface area contributed by atoms with Crippen molar-refractivity contribution in [2.24, 2.45) is 11.8 Å². The molecule has 0 N–H and O–H groups in total. The Bertz CT molecular complexity index is 902. The lowest BCUT2D eigenvalue weighted by molar-refractivity contribution is -0.135. The first kappa shape index (κ1) is 21.5. The molecule has 6 heteroatoms. The number of aromatic nitrogens is 2. The van der Waals surface area contributed by atoms with Crippen LogP contribution in [0, 0.1) is 11.8 Å². The molecule has 1 amide bonds. The molecule has 1 aromatic carbocycles. The van der Waals surface area contributed by atoms with E-state index in [1.54, 1.807) is 11.7 Å². The highest BCUT2D eigenvalue weighted by Crippen LogP contribution is 2.35. The van der Waals surface area contributed by atoms with Gasteiger partial charge < -0.3 is 9.64 Å². The summed E-state index contributed by atoms with van der Waals surface area (Å²) in [4.78, 5) is 33.3. The van der Waals surface area contributed by atoms with Gasteiger partial charge in [0.15, 0.2) is 0 Å². The molecule has 1 aliphatic rings. The molecule has 29 heavy (non-hydrogen) atoms. The molecule has 0 saturated heterocycles. The van der Waals surface area contributed by atoms with Gasteiger partial charge in [0, 0.05) is 19.6 Å². The number of carbonyl (C=O) groups excluding carboxylic acids is 1. The molecule has 1 aromatic heterocycles. The third kappa shape index (κ3) is 4.86. The van der Waals surface area contributed by atoms with Crippen molar-refractivity contribution in [3.63, 3.8) is 0 Å². The molecule has 1 heterocycles. The zero-order valence-corrected chi connectivity index (χ0v) is 18.1. The van der Waals surface area contributed by atoms with Gasteiger partial charge in [-0.1, -0.05) is 32.9 Å². The van der Waals surface area contributed by atoms with Crippen LogP contribution < -0.4 is 5.56 Å². The summed E-state index contributed by atoms with van der Waals surface area (Å²) in [5.74, 6) is 1.52. The second-order valence-electron chi connectivity index (χ2n) is 8.35. The van der Waals surface area contributed by atoms with E-state index in [1.807, 2.05) is 29.2 Å². The fourth-order valence-electron chi connectivity index (χ4n) is 3.76. The summed E-state index contributed by atoms with van der Waals surface area (Å²) < 4.78 is 6.96. The fourth-order valence-corrected chi connectivity index (χ4v) is 3.76. The third-order valence-electron chi connectivity index (χ3n) is 5.63. The van der Waals surface area contributed by atoms with E-state index in [1.165, 1.54) is 0 Å². The van der Waals surface area contributed by atoms with Gasteiger partial charge in [-0.2, -0.15) is 0 Å². The van der Waals surface area contributed by atoms with Gasteiger partial charge in [0.1, 0.15) is 5.82 Å². The number of nitrogens with zero attached hydrogens (tertiary/aromatic N) is 3. The minimum atomic E-state index is -0.212. The molecule has 3 rings (SSSR count). The Labute approximate surface area is 172 Å². The summed E-state index contributed by atoms with van der Waals surface area (Å²) in [7, 11) is 1.63. The van der Waals surface area contributed by atoms with Gasteiger partial charge >= 0.3 is 0 Å². The van der Waals surface area contributed by atoms with Crippen LogP contribution in [0.5, 0.6) is 0 Å². The van der Waals surface area contributed by atoms with Crippen LogP contribution in [0.1, 0.15) is 58.3 Å². The number of carbonyl (C=O) groups is 1. The molecule has 6 nitrogen and oxygen atoms in total. The molecule has 0 spiro atoms. The number of ether oxygens (including phenoxy) is 1. The lowest BCUT2D eigenvalue weighted by Crippen LogP contribution is -2.40. The topological polar surface area (TPSA) is 64.4 Å². The van der Waals surface area contributed by atoms with E-state index in [2.05, 4.69) is 20.8 Å². The van der Waals surface area contributed by atoms with Crippen LogP contribution in [0.4, 0.5) is 0 Å². The Kier molecular flexibility index (Phi) is 7.06. The summed E-state index contributed by atoms with van der Waals surface area (Å²) in [6.07, 6.45) is 3.59. The monoisotopic (exact) mass is 399 g/mol. The average Bonchev–Trinajstić information content (AvgIpc) is 3.55. The van der Waals surface area contributed by atoms with Crippen LogP contribution >= 0.6 is 0 Å².